The summed E-state index contributed by atoms with van der Waals surface area (Å²) >= 11 is 0. The van der Waals surface area contributed by atoms with E-state index in [-0.39, 0.29) is 18.5 Å². The quantitative estimate of drug-likeness (QED) is 0.103. The van der Waals surface area contributed by atoms with Gasteiger partial charge in [-0.1, -0.05) is 60.7 Å². The van der Waals surface area contributed by atoms with Crippen molar-refractivity contribution in [2.45, 2.75) is 97.0 Å². The van der Waals surface area contributed by atoms with E-state index in [1.165, 1.54) is 21.3 Å². The largest absolute Gasteiger partial charge is 0.478 e. The second kappa shape index (κ2) is 23.9. The number of rotatable bonds is 10. The van der Waals surface area contributed by atoms with Crippen LogP contribution in [0.5, 0.6) is 17.2 Å². The standard InChI is InChI=1S/C22H25NO5.C18H17NO5.C16H20O5/c1-22(2,3)28-21(25)19-14-23(13-15-8-6-5-7-9-15)17-12-16(20(24)26-4)10-11-18(17)27-19;1-23-18(22)13-7-8-15-14(9-13)19(11-16(24-15)17(20)21)10-12-5-3-2-4-6-12;1-16(2,3)21-15(18)13-8-5-10-9-11(14(17)19-4)6-7-12(10)20-13/h5-12,19H,13-14H2,1-4H3;2-9,16H,10-11H2,1H3,(H,20,21);6-7,9,13H,5,8H2,1-4H3. The number of benzene rings is 5. The molecule has 17 heteroatoms. The average Bonchev–Trinajstić information content (AvgIpc) is 3.37. The fourth-order valence-electron chi connectivity index (χ4n) is 7.89. The summed E-state index contributed by atoms with van der Waals surface area (Å²) in [6, 6.07) is 34.6. The summed E-state index contributed by atoms with van der Waals surface area (Å²) in [6.07, 6.45) is -1.11. The van der Waals surface area contributed by atoms with Crippen LogP contribution in [0, 0.1) is 0 Å². The van der Waals surface area contributed by atoms with E-state index in [1.54, 1.807) is 54.6 Å². The fraction of sp³-hybridized carbons (Fsp3) is 0.357. The van der Waals surface area contributed by atoms with Crippen molar-refractivity contribution in [2.75, 3.05) is 44.2 Å². The predicted molar refractivity (Wildman–Crippen MR) is 269 cm³/mol. The molecule has 0 amide bonds. The summed E-state index contributed by atoms with van der Waals surface area (Å²) in [6.45, 7) is 12.6. The van der Waals surface area contributed by atoms with Crippen LogP contribution in [0.2, 0.25) is 0 Å². The van der Waals surface area contributed by atoms with Gasteiger partial charge in [-0.25, -0.2) is 28.8 Å². The van der Waals surface area contributed by atoms with Gasteiger partial charge in [0.2, 0.25) is 12.2 Å². The molecule has 3 aliphatic rings. The third kappa shape index (κ3) is 15.0. The second-order valence-corrected chi connectivity index (χ2v) is 19.2. The highest BCUT2D eigenvalue weighted by Gasteiger charge is 2.36. The number of carbonyl (C=O) groups is 6. The Balaban J connectivity index is 0.000000181. The van der Waals surface area contributed by atoms with E-state index in [4.69, 9.17) is 33.2 Å². The molecule has 0 spiro atoms. The van der Waals surface area contributed by atoms with Crippen LogP contribution in [0.15, 0.2) is 115 Å². The summed E-state index contributed by atoms with van der Waals surface area (Å²) in [5.41, 5.74) is 4.62. The van der Waals surface area contributed by atoms with Gasteiger partial charge in [0.15, 0.2) is 6.10 Å². The lowest BCUT2D eigenvalue weighted by molar-refractivity contribution is -0.164. The highest BCUT2D eigenvalue weighted by Crippen LogP contribution is 2.38. The Labute approximate surface area is 424 Å². The molecule has 5 aromatic carbocycles. The molecule has 386 valence electrons. The molecule has 8 rings (SSSR count). The molecule has 3 unspecified atom stereocenters. The van der Waals surface area contributed by atoms with Crippen LogP contribution in [0.25, 0.3) is 0 Å². The zero-order valence-electron chi connectivity index (χ0n) is 42.5. The molecule has 0 aliphatic carbocycles. The number of ether oxygens (including phenoxy) is 8. The fourth-order valence-corrected chi connectivity index (χ4v) is 7.89. The number of methoxy groups -OCH3 is 3. The maximum atomic E-state index is 12.6. The van der Waals surface area contributed by atoms with Crippen LogP contribution in [0.3, 0.4) is 0 Å². The average molecular weight is 1000 g/mol. The molecule has 0 aromatic heterocycles. The zero-order chi connectivity index (χ0) is 53.0. The Bertz CT molecular complexity index is 2770. The lowest BCUT2D eigenvalue weighted by Crippen LogP contribution is -2.46. The van der Waals surface area contributed by atoms with Crippen molar-refractivity contribution in [3.63, 3.8) is 0 Å². The molecule has 0 fully saturated rings. The van der Waals surface area contributed by atoms with Crippen molar-refractivity contribution in [1.82, 2.24) is 0 Å². The predicted octanol–water partition coefficient (Wildman–Crippen LogP) is 8.42. The van der Waals surface area contributed by atoms with E-state index in [1.807, 2.05) is 112 Å². The molecule has 0 bridgehead atoms. The molecule has 73 heavy (non-hydrogen) atoms. The van der Waals surface area contributed by atoms with E-state index < -0.39 is 53.4 Å². The van der Waals surface area contributed by atoms with E-state index in [0.717, 1.165) is 22.4 Å². The first-order valence-corrected chi connectivity index (χ1v) is 23.6. The molecule has 0 radical (unpaired) electrons. The van der Waals surface area contributed by atoms with Gasteiger partial charge in [0, 0.05) is 13.1 Å². The van der Waals surface area contributed by atoms with E-state index >= 15 is 0 Å². The van der Waals surface area contributed by atoms with Gasteiger partial charge in [0.05, 0.1) is 62.5 Å². The van der Waals surface area contributed by atoms with Gasteiger partial charge in [0.25, 0.3) is 0 Å². The summed E-state index contributed by atoms with van der Waals surface area (Å²) in [5.74, 6) is -1.44. The summed E-state index contributed by atoms with van der Waals surface area (Å²) in [5, 5.41) is 9.30. The maximum Gasteiger partial charge on any atom is 0.349 e. The van der Waals surface area contributed by atoms with Crippen LogP contribution in [0.1, 0.15) is 95.7 Å². The van der Waals surface area contributed by atoms with Gasteiger partial charge in [-0.2, -0.15) is 0 Å². The van der Waals surface area contributed by atoms with Crippen LogP contribution < -0.4 is 24.0 Å². The van der Waals surface area contributed by atoms with E-state index in [2.05, 4.69) is 4.74 Å². The number of hydrogen-bond donors (Lipinski definition) is 1. The van der Waals surface area contributed by atoms with Crippen LogP contribution in [-0.2, 0) is 57.6 Å². The van der Waals surface area contributed by atoms with E-state index in [9.17, 15) is 33.9 Å². The Morgan fingerprint density at radius 1 is 0.521 bits per heavy atom. The number of carboxylic acids is 1. The third-order valence-electron chi connectivity index (χ3n) is 11.2. The van der Waals surface area contributed by atoms with Crippen molar-refractivity contribution in [2.24, 2.45) is 0 Å². The minimum absolute atomic E-state index is 0.196. The molecule has 17 nitrogen and oxygen atoms in total. The van der Waals surface area contributed by atoms with Gasteiger partial charge in [0.1, 0.15) is 28.5 Å². The lowest BCUT2D eigenvalue weighted by atomic mass is 10.00. The van der Waals surface area contributed by atoms with Gasteiger partial charge in [-0.3, -0.25) is 0 Å². The molecule has 0 saturated carbocycles. The highest BCUT2D eigenvalue weighted by molar-refractivity contribution is 5.93. The SMILES string of the molecule is COC(=O)c1ccc2c(c1)CCC(C(=O)OC(C)(C)C)O2.COC(=O)c1ccc2c(c1)N(Cc1ccccc1)CC(C(=O)O)O2.COC(=O)c1ccc2c(c1)N(Cc1ccccc1)CC(C(=O)OC(C)(C)C)O2. The molecule has 1 N–H and O–H groups in total. The Morgan fingerprint density at radius 3 is 1.33 bits per heavy atom. The first kappa shape index (κ1) is 54.3. The van der Waals surface area contributed by atoms with Crippen molar-refractivity contribution in [3.05, 3.63) is 149 Å². The third-order valence-corrected chi connectivity index (χ3v) is 11.2. The minimum Gasteiger partial charge on any atom is -0.478 e. The van der Waals surface area contributed by atoms with Crippen LogP contribution in [0.4, 0.5) is 11.4 Å². The Morgan fingerprint density at radius 2 is 0.904 bits per heavy atom. The molecular weight excluding hydrogens is 941 g/mol. The second-order valence-electron chi connectivity index (χ2n) is 19.2. The maximum absolute atomic E-state index is 12.6. The van der Waals surface area contributed by atoms with Gasteiger partial charge in [-0.05, 0) is 126 Å². The van der Waals surface area contributed by atoms with Gasteiger partial charge < -0.3 is 52.8 Å². The lowest BCUT2D eigenvalue weighted by Gasteiger charge is -2.36. The molecule has 3 heterocycles. The van der Waals surface area contributed by atoms with Crippen molar-refractivity contribution in [3.8, 4) is 17.2 Å². The van der Waals surface area contributed by atoms with Crippen LogP contribution in [-0.4, -0.2) is 105 Å². The van der Waals surface area contributed by atoms with Gasteiger partial charge in [-0.15, -0.1) is 0 Å². The number of hydrogen-bond acceptors (Lipinski definition) is 16. The molecule has 0 saturated heterocycles. The normalized spacial score (nSPS) is 16.4. The van der Waals surface area contributed by atoms with Gasteiger partial charge >= 0.3 is 35.8 Å². The highest BCUT2D eigenvalue weighted by atomic mass is 16.6. The molecular formula is C56H62N2O15. The van der Waals surface area contributed by atoms with Crippen LogP contribution >= 0.6 is 0 Å². The number of aryl methyl sites for hydroxylation is 1. The van der Waals surface area contributed by atoms with Crippen molar-refractivity contribution < 1.29 is 71.8 Å². The summed E-state index contributed by atoms with van der Waals surface area (Å²) in [4.78, 5) is 75.1. The first-order valence-electron chi connectivity index (χ1n) is 23.6. The smallest absolute Gasteiger partial charge is 0.349 e. The number of anilines is 2. The topological polar surface area (TPSA) is 203 Å². The summed E-state index contributed by atoms with van der Waals surface area (Å²) in [7, 11) is 4.01. The Kier molecular flexibility index (Phi) is 17.8. The molecule has 3 aliphatic heterocycles. The van der Waals surface area contributed by atoms with E-state index in [0.29, 0.717) is 72.1 Å². The number of fused-ring (bicyclic) bond motifs is 3. The summed E-state index contributed by atoms with van der Waals surface area (Å²) < 4.78 is 42.2. The van der Waals surface area contributed by atoms with Crippen molar-refractivity contribution >= 4 is 47.2 Å². The number of carboxylic acid groups (broad SMARTS) is 1. The minimum atomic E-state index is -1.02. The number of aliphatic carboxylic acids is 1. The monoisotopic (exact) mass is 1000 g/mol. The Hall–Kier alpha value is -8.08. The number of carbonyl (C=O) groups excluding carboxylic acids is 5. The number of nitrogens with zero attached hydrogens (tertiary/aromatic N) is 2. The molecule has 3 atom stereocenters. The zero-order valence-corrected chi connectivity index (χ0v) is 42.5. The first-order chi connectivity index (χ1) is 34.6. The van der Waals surface area contributed by atoms with Crippen molar-refractivity contribution in [1.29, 1.82) is 0 Å². The molecule has 5 aromatic rings. The number of esters is 5.